The number of phenols is 2. The van der Waals surface area contributed by atoms with Crippen molar-refractivity contribution in [2.75, 3.05) is 0 Å². The van der Waals surface area contributed by atoms with E-state index in [1.165, 1.54) is 26.0 Å². The maximum Gasteiger partial charge on any atom is 0.207 e. The van der Waals surface area contributed by atoms with Crippen LogP contribution in [0.5, 0.6) is 11.5 Å². The molecule has 25 heavy (non-hydrogen) atoms. The Balaban J connectivity index is 2.86. The highest BCUT2D eigenvalue weighted by Gasteiger charge is 2.27. The van der Waals surface area contributed by atoms with Crippen molar-refractivity contribution in [3.8, 4) is 11.5 Å². The van der Waals surface area contributed by atoms with Crippen molar-refractivity contribution in [1.29, 1.82) is 0 Å². The highest BCUT2D eigenvalue weighted by Crippen LogP contribution is 2.37. The molecule has 0 heterocycles. The van der Waals surface area contributed by atoms with Crippen molar-refractivity contribution in [1.82, 2.24) is 0 Å². The summed E-state index contributed by atoms with van der Waals surface area (Å²) < 4.78 is 26.4. The molecular formula is C18H22O6S. The van der Waals surface area contributed by atoms with Gasteiger partial charge in [-0.25, -0.2) is 8.42 Å². The van der Waals surface area contributed by atoms with Gasteiger partial charge in [-0.15, -0.1) is 0 Å². The fraction of sp³-hybridized carbons (Fsp3) is 0.333. The molecule has 0 aliphatic heterocycles. The summed E-state index contributed by atoms with van der Waals surface area (Å²) >= 11 is 0. The second-order valence-corrected chi connectivity index (χ2v) is 7.99. The van der Waals surface area contributed by atoms with Gasteiger partial charge in [0.2, 0.25) is 9.84 Å². The van der Waals surface area contributed by atoms with E-state index in [9.17, 15) is 28.8 Å². The molecule has 2 aromatic carbocycles. The third-order valence-corrected chi connectivity index (χ3v) is 6.56. The molecule has 0 saturated carbocycles. The van der Waals surface area contributed by atoms with Crippen LogP contribution in [0.3, 0.4) is 0 Å². The van der Waals surface area contributed by atoms with E-state index in [2.05, 4.69) is 0 Å². The summed E-state index contributed by atoms with van der Waals surface area (Å²) in [6.07, 6.45) is 0. The van der Waals surface area contributed by atoms with Gasteiger partial charge in [-0.05, 0) is 62.1 Å². The van der Waals surface area contributed by atoms with Crippen LogP contribution in [0.15, 0.2) is 21.9 Å². The summed E-state index contributed by atoms with van der Waals surface area (Å²) in [5.41, 5.74) is 1.53. The number of hydrogen-bond donors (Lipinski definition) is 4. The van der Waals surface area contributed by atoms with Crippen molar-refractivity contribution in [3.63, 3.8) is 0 Å². The zero-order valence-electron chi connectivity index (χ0n) is 14.6. The van der Waals surface area contributed by atoms with Gasteiger partial charge in [0.05, 0.1) is 23.0 Å². The molecule has 7 heteroatoms. The summed E-state index contributed by atoms with van der Waals surface area (Å²) in [5.74, 6) is -0.262. The zero-order chi connectivity index (χ0) is 19.1. The van der Waals surface area contributed by atoms with Gasteiger partial charge in [0.25, 0.3) is 0 Å². The summed E-state index contributed by atoms with van der Waals surface area (Å²) in [7, 11) is -3.99. The molecule has 0 amide bonds. The minimum atomic E-state index is -3.99. The second kappa shape index (κ2) is 6.67. The van der Waals surface area contributed by atoms with Gasteiger partial charge < -0.3 is 20.4 Å². The van der Waals surface area contributed by atoms with Gasteiger partial charge in [-0.3, -0.25) is 0 Å². The highest BCUT2D eigenvalue weighted by atomic mass is 32.2. The molecule has 136 valence electrons. The second-order valence-electron chi connectivity index (χ2n) is 6.11. The normalized spacial score (nSPS) is 11.8. The van der Waals surface area contributed by atoms with E-state index in [-0.39, 0.29) is 43.5 Å². The van der Waals surface area contributed by atoms with Crippen LogP contribution in [0.2, 0.25) is 0 Å². The van der Waals surface area contributed by atoms with Crippen LogP contribution in [-0.2, 0) is 23.1 Å². The van der Waals surface area contributed by atoms with E-state index < -0.39 is 23.1 Å². The number of sulfone groups is 1. The highest BCUT2D eigenvalue weighted by molar-refractivity contribution is 7.91. The first-order valence-electron chi connectivity index (χ1n) is 7.68. The third-order valence-electron chi connectivity index (χ3n) is 4.55. The summed E-state index contributed by atoms with van der Waals surface area (Å²) in [6.45, 7) is 5.18. The summed E-state index contributed by atoms with van der Waals surface area (Å²) in [6, 6.07) is 2.72. The Kier molecular flexibility index (Phi) is 5.13. The first-order chi connectivity index (χ1) is 11.6. The standard InChI is InChI=1S/C18H22O6S/c1-9-5-15(11(3)13(7-19)17(9)21)25(23,24)16-6-10(2)18(22)14(8-20)12(16)4/h5-6,19-22H,7-8H2,1-4H3. The van der Waals surface area contributed by atoms with Crippen LogP contribution >= 0.6 is 0 Å². The van der Waals surface area contributed by atoms with E-state index in [0.29, 0.717) is 11.1 Å². The topological polar surface area (TPSA) is 115 Å². The molecule has 4 N–H and O–H groups in total. The molecule has 6 nitrogen and oxygen atoms in total. The fourth-order valence-electron chi connectivity index (χ4n) is 2.94. The Hall–Kier alpha value is -2.09. The Morgan fingerprint density at radius 2 is 1.08 bits per heavy atom. The number of aryl methyl sites for hydroxylation is 2. The molecule has 0 saturated heterocycles. The van der Waals surface area contributed by atoms with Gasteiger partial charge in [0, 0.05) is 11.1 Å². The molecule has 0 bridgehead atoms. The van der Waals surface area contributed by atoms with Crippen LogP contribution in [0.1, 0.15) is 33.4 Å². The van der Waals surface area contributed by atoms with Crippen LogP contribution < -0.4 is 0 Å². The molecule has 2 aromatic rings. The number of aromatic hydroxyl groups is 2. The Morgan fingerprint density at radius 1 is 0.760 bits per heavy atom. The largest absolute Gasteiger partial charge is 0.507 e. The summed E-state index contributed by atoms with van der Waals surface area (Å²) in [5, 5.41) is 39.0. The molecule has 0 atom stereocenters. The Labute approximate surface area is 146 Å². The molecule has 0 aliphatic carbocycles. The van der Waals surface area contributed by atoms with Crippen molar-refractivity contribution >= 4 is 9.84 Å². The van der Waals surface area contributed by atoms with Crippen molar-refractivity contribution in [2.24, 2.45) is 0 Å². The van der Waals surface area contributed by atoms with Crippen LogP contribution in [0, 0.1) is 27.7 Å². The molecule has 0 spiro atoms. The molecule has 0 unspecified atom stereocenters. The number of aliphatic hydroxyl groups excluding tert-OH is 2. The Morgan fingerprint density at radius 3 is 1.36 bits per heavy atom. The van der Waals surface area contributed by atoms with Gasteiger partial charge in [-0.1, -0.05) is 0 Å². The molecule has 2 rings (SSSR count). The minimum Gasteiger partial charge on any atom is -0.507 e. The van der Waals surface area contributed by atoms with E-state index in [0.717, 1.165) is 0 Å². The zero-order valence-corrected chi connectivity index (χ0v) is 15.4. The van der Waals surface area contributed by atoms with Crippen molar-refractivity contribution < 1.29 is 28.8 Å². The van der Waals surface area contributed by atoms with Gasteiger partial charge in [0.15, 0.2) is 0 Å². The quantitative estimate of drug-likeness (QED) is 0.659. The van der Waals surface area contributed by atoms with Gasteiger partial charge >= 0.3 is 0 Å². The first-order valence-corrected chi connectivity index (χ1v) is 9.17. The summed E-state index contributed by atoms with van der Waals surface area (Å²) in [4.78, 5) is -0.0483. The van der Waals surface area contributed by atoms with Crippen LogP contribution in [0.4, 0.5) is 0 Å². The monoisotopic (exact) mass is 366 g/mol. The van der Waals surface area contributed by atoms with Crippen LogP contribution in [0.25, 0.3) is 0 Å². The lowest BCUT2D eigenvalue weighted by Gasteiger charge is -2.18. The number of aliphatic hydroxyl groups is 2. The number of benzene rings is 2. The third kappa shape index (κ3) is 2.99. The molecule has 0 aromatic heterocycles. The number of hydrogen-bond acceptors (Lipinski definition) is 6. The smallest absolute Gasteiger partial charge is 0.207 e. The lowest BCUT2D eigenvalue weighted by atomic mass is 10.0. The maximum absolute atomic E-state index is 13.2. The number of rotatable bonds is 4. The van der Waals surface area contributed by atoms with E-state index >= 15 is 0 Å². The van der Waals surface area contributed by atoms with E-state index in [1.54, 1.807) is 13.8 Å². The predicted octanol–water partition coefficient (Wildman–Crippen LogP) is 2.15. The average molecular weight is 366 g/mol. The van der Waals surface area contributed by atoms with Crippen molar-refractivity contribution in [3.05, 3.63) is 45.5 Å². The van der Waals surface area contributed by atoms with Gasteiger partial charge in [-0.2, -0.15) is 0 Å². The first kappa shape index (κ1) is 19.2. The maximum atomic E-state index is 13.2. The molecule has 0 aliphatic rings. The lowest BCUT2D eigenvalue weighted by Crippen LogP contribution is -2.10. The lowest BCUT2D eigenvalue weighted by molar-refractivity contribution is 0.273. The molecule has 0 radical (unpaired) electrons. The molecular weight excluding hydrogens is 344 g/mol. The Bertz CT molecular complexity index is 874. The van der Waals surface area contributed by atoms with Gasteiger partial charge in [0.1, 0.15) is 11.5 Å². The SMILES string of the molecule is Cc1cc(S(=O)(=O)c2cc(C)c(O)c(CO)c2C)c(C)c(CO)c1O. The average Bonchev–Trinajstić information content (AvgIpc) is 2.55. The molecule has 0 fully saturated rings. The predicted molar refractivity (Wildman–Crippen MR) is 92.5 cm³/mol. The van der Waals surface area contributed by atoms with Crippen molar-refractivity contribution in [2.45, 2.75) is 50.7 Å². The minimum absolute atomic E-state index is 0.0241. The van der Waals surface area contributed by atoms with Crippen LogP contribution in [-0.4, -0.2) is 28.8 Å². The fourth-order valence-corrected chi connectivity index (χ4v) is 4.89. The van der Waals surface area contributed by atoms with E-state index in [4.69, 9.17) is 0 Å². The van der Waals surface area contributed by atoms with E-state index in [1.807, 2.05) is 0 Å².